The topological polar surface area (TPSA) is 41.6 Å². The van der Waals surface area contributed by atoms with Crippen LogP contribution in [-0.4, -0.2) is 43.6 Å². The maximum Gasteiger partial charge on any atom is 0.229 e. The summed E-state index contributed by atoms with van der Waals surface area (Å²) in [4.78, 5) is 14.8. The lowest BCUT2D eigenvalue weighted by atomic mass is 9.95. The summed E-state index contributed by atoms with van der Waals surface area (Å²) in [6, 6.07) is 5.94. The van der Waals surface area contributed by atoms with Crippen LogP contribution in [0.1, 0.15) is 18.4 Å². The molecule has 2 aliphatic rings. The molecule has 22 heavy (non-hydrogen) atoms. The zero-order valence-electron chi connectivity index (χ0n) is 12.7. The predicted molar refractivity (Wildman–Crippen MR) is 90.1 cm³/mol. The van der Waals surface area contributed by atoms with Gasteiger partial charge in [-0.15, -0.1) is 12.4 Å². The van der Waals surface area contributed by atoms with E-state index >= 15 is 0 Å². The highest BCUT2D eigenvalue weighted by Crippen LogP contribution is 2.31. The van der Waals surface area contributed by atoms with E-state index < -0.39 is 0 Å². The smallest absolute Gasteiger partial charge is 0.229 e. The van der Waals surface area contributed by atoms with Crippen LogP contribution in [-0.2, 0) is 11.2 Å². The first-order valence-corrected chi connectivity index (χ1v) is 7.93. The van der Waals surface area contributed by atoms with Gasteiger partial charge in [0.1, 0.15) is 12.4 Å². The molecule has 1 N–H and O–H groups in total. The number of nitrogens with zero attached hydrogens (tertiary/aromatic N) is 1. The number of likely N-dealkylation sites (N-methyl/N-ethyl adjacent to an activating group) is 1. The summed E-state index contributed by atoms with van der Waals surface area (Å²) in [6.45, 7) is 2.20. The molecule has 0 radical (unpaired) electrons. The third-order valence-electron chi connectivity index (χ3n) is 4.38. The third kappa shape index (κ3) is 3.50. The fraction of sp³-hybridized carbons (Fsp3) is 0.562. The Bertz CT molecular complexity index is 539. The van der Waals surface area contributed by atoms with Gasteiger partial charge in [0.25, 0.3) is 0 Å². The lowest BCUT2D eigenvalue weighted by Gasteiger charge is -2.31. The molecule has 1 saturated heterocycles. The van der Waals surface area contributed by atoms with Gasteiger partial charge in [0.2, 0.25) is 5.91 Å². The van der Waals surface area contributed by atoms with Gasteiger partial charge in [-0.3, -0.25) is 4.79 Å². The van der Waals surface area contributed by atoms with Crippen molar-refractivity contribution in [3.05, 3.63) is 28.8 Å². The average Bonchev–Trinajstić information content (AvgIpc) is 2.94. The first-order valence-electron chi connectivity index (χ1n) is 7.55. The molecule has 3 rings (SSSR count). The molecular formula is C16H22Cl2N2O2. The summed E-state index contributed by atoms with van der Waals surface area (Å²) in [5.74, 6) is 0.989. The largest absolute Gasteiger partial charge is 0.492 e. The molecular weight excluding hydrogens is 323 g/mol. The third-order valence-corrected chi connectivity index (χ3v) is 4.61. The minimum absolute atomic E-state index is 0. The van der Waals surface area contributed by atoms with E-state index in [1.54, 1.807) is 0 Å². The number of fused-ring (bicyclic) bond motifs is 1. The van der Waals surface area contributed by atoms with Crippen LogP contribution in [0.25, 0.3) is 0 Å². The van der Waals surface area contributed by atoms with E-state index in [1.165, 1.54) is 0 Å². The van der Waals surface area contributed by atoms with Gasteiger partial charge in [0.05, 0.1) is 5.92 Å². The van der Waals surface area contributed by atoms with Gasteiger partial charge in [-0.25, -0.2) is 0 Å². The molecule has 0 saturated carbocycles. The fourth-order valence-electron chi connectivity index (χ4n) is 3.33. The van der Waals surface area contributed by atoms with Crippen molar-refractivity contribution in [3.63, 3.8) is 0 Å². The molecule has 6 heteroatoms. The fourth-order valence-corrected chi connectivity index (χ4v) is 3.52. The van der Waals surface area contributed by atoms with Crippen LogP contribution < -0.4 is 10.1 Å². The van der Waals surface area contributed by atoms with Crippen molar-refractivity contribution in [2.75, 3.05) is 26.7 Å². The van der Waals surface area contributed by atoms with Crippen LogP contribution in [0.5, 0.6) is 5.75 Å². The summed E-state index contributed by atoms with van der Waals surface area (Å²) < 4.78 is 5.75. The molecule has 1 aromatic carbocycles. The zero-order valence-corrected chi connectivity index (χ0v) is 14.3. The van der Waals surface area contributed by atoms with Crippen molar-refractivity contribution in [2.24, 2.45) is 5.92 Å². The predicted octanol–water partition coefficient (Wildman–Crippen LogP) is 2.52. The van der Waals surface area contributed by atoms with E-state index in [0.29, 0.717) is 17.7 Å². The monoisotopic (exact) mass is 344 g/mol. The van der Waals surface area contributed by atoms with E-state index in [2.05, 4.69) is 5.32 Å². The summed E-state index contributed by atoms with van der Waals surface area (Å²) >= 11 is 6.04. The van der Waals surface area contributed by atoms with Gasteiger partial charge >= 0.3 is 0 Å². The molecule has 4 nitrogen and oxygen atoms in total. The molecule has 1 fully saturated rings. The first-order chi connectivity index (χ1) is 10.2. The van der Waals surface area contributed by atoms with Crippen LogP contribution >= 0.6 is 24.0 Å². The number of ether oxygens (including phenoxy) is 1. The number of carbonyl (C=O) groups excluding carboxylic acids is 1. The molecule has 2 unspecified atom stereocenters. The minimum Gasteiger partial charge on any atom is -0.492 e. The van der Waals surface area contributed by atoms with Crippen molar-refractivity contribution < 1.29 is 9.53 Å². The number of nitrogens with one attached hydrogen (secondary N) is 1. The number of carbonyl (C=O) groups is 1. The number of rotatable bonds is 3. The molecule has 2 atom stereocenters. The number of hydrogen-bond acceptors (Lipinski definition) is 3. The minimum atomic E-state index is -0.0894. The Morgan fingerprint density at radius 2 is 2.32 bits per heavy atom. The molecule has 1 aromatic rings. The highest BCUT2D eigenvalue weighted by molar-refractivity contribution is 6.30. The summed E-state index contributed by atoms with van der Waals surface area (Å²) in [6.07, 6.45) is 2.90. The molecule has 2 aliphatic heterocycles. The standard InChI is InChI=1S/C16H21ClN2O2.ClH/c1-18-9-14-3-2-6-19(14)16(20)12-7-11-8-13(17)4-5-15(11)21-10-12;/h4-5,8,12,14,18H,2-3,6-7,9-10H2,1H3;1H. The Hall–Kier alpha value is -0.970. The number of hydrogen-bond donors (Lipinski definition) is 1. The van der Waals surface area contributed by atoms with Crippen LogP contribution in [0, 0.1) is 5.92 Å². The van der Waals surface area contributed by atoms with Crippen molar-refractivity contribution in [1.82, 2.24) is 10.2 Å². The van der Waals surface area contributed by atoms with Gasteiger partial charge in [0, 0.05) is 24.2 Å². The van der Waals surface area contributed by atoms with Gasteiger partial charge in [-0.05, 0) is 50.1 Å². The lowest BCUT2D eigenvalue weighted by Crippen LogP contribution is -2.46. The van der Waals surface area contributed by atoms with Crippen LogP contribution in [0.2, 0.25) is 5.02 Å². The van der Waals surface area contributed by atoms with Crippen LogP contribution in [0.3, 0.4) is 0 Å². The van der Waals surface area contributed by atoms with Gasteiger partial charge in [-0.1, -0.05) is 11.6 Å². The van der Waals surface area contributed by atoms with Crippen molar-refractivity contribution in [1.29, 1.82) is 0 Å². The quantitative estimate of drug-likeness (QED) is 0.915. The van der Waals surface area contributed by atoms with Crippen molar-refractivity contribution in [2.45, 2.75) is 25.3 Å². The maximum atomic E-state index is 12.8. The average molecular weight is 345 g/mol. The summed E-state index contributed by atoms with van der Waals surface area (Å²) in [5, 5.41) is 3.87. The SMILES string of the molecule is CNCC1CCCN1C(=O)C1COc2ccc(Cl)cc2C1.Cl. The van der Waals surface area contributed by atoms with Crippen molar-refractivity contribution >= 4 is 29.9 Å². The zero-order chi connectivity index (χ0) is 14.8. The van der Waals surface area contributed by atoms with E-state index in [4.69, 9.17) is 16.3 Å². The number of halogens is 2. The van der Waals surface area contributed by atoms with E-state index in [0.717, 1.165) is 43.7 Å². The Kier molecular flexibility index (Phi) is 5.95. The Morgan fingerprint density at radius 1 is 1.50 bits per heavy atom. The molecule has 122 valence electrons. The summed E-state index contributed by atoms with van der Waals surface area (Å²) in [5.41, 5.74) is 1.04. The van der Waals surface area contributed by atoms with Crippen LogP contribution in [0.4, 0.5) is 0 Å². The van der Waals surface area contributed by atoms with E-state index in [-0.39, 0.29) is 24.2 Å². The Morgan fingerprint density at radius 3 is 3.09 bits per heavy atom. The van der Waals surface area contributed by atoms with E-state index in [1.807, 2.05) is 30.1 Å². The molecule has 0 aliphatic carbocycles. The highest BCUT2D eigenvalue weighted by atomic mass is 35.5. The lowest BCUT2D eigenvalue weighted by molar-refractivity contribution is -0.137. The second-order valence-corrected chi connectivity index (χ2v) is 6.29. The molecule has 2 heterocycles. The molecule has 1 amide bonds. The van der Waals surface area contributed by atoms with E-state index in [9.17, 15) is 4.79 Å². The molecule has 0 bridgehead atoms. The van der Waals surface area contributed by atoms with Gasteiger partial charge < -0.3 is 15.0 Å². The number of amides is 1. The maximum absolute atomic E-state index is 12.8. The second kappa shape index (κ2) is 7.53. The molecule has 0 aromatic heterocycles. The molecule has 0 spiro atoms. The van der Waals surface area contributed by atoms with Gasteiger partial charge in [-0.2, -0.15) is 0 Å². The highest BCUT2D eigenvalue weighted by Gasteiger charge is 2.35. The Labute approximate surface area is 142 Å². The normalized spacial score (nSPS) is 23.5. The van der Waals surface area contributed by atoms with Crippen molar-refractivity contribution in [3.8, 4) is 5.75 Å². The number of likely N-dealkylation sites (tertiary alicyclic amines) is 1. The van der Waals surface area contributed by atoms with Gasteiger partial charge in [0.15, 0.2) is 0 Å². The first kappa shape index (κ1) is 17.4. The number of benzene rings is 1. The summed E-state index contributed by atoms with van der Waals surface area (Å²) in [7, 11) is 1.93. The van der Waals surface area contributed by atoms with Crippen LogP contribution in [0.15, 0.2) is 18.2 Å². The Balaban J connectivity index is 0.00000176. The second-order valence-electron chi connectivity index (χ2n) is 5.85.